The van der Waals surface area contributed by atoms with Crippen LogP contribution in [0.2, 0.25) is 0 Å². The van der Waals surface area contributed by atoms with E-state index in [0.29, 0.717) is 11.4 Å². The first-order valence-electron chi connectivity index (χ1n) is 16.3. The van der Waals surface area contributed by atoms with Crippen LogP contribution in [0, 0.1) is 11.3 Å². The van der Waals surface area contributed by atoms with Gasteiger partial charge in [-0.3, -0.25) is 0 Å². The highest BCUT2D eigenvalue weighted by Gasteiger charge is 2.26. The fourth-order valence-electron chi connectivity index (χ4n) is 6.15. The van der Waals surface area contributed by atoms with Crippen LogP contribution in [0.5, 0.6) is 0 Å². The van der Waals surface area contributed by atoms with Gasteiger partial charge in [-0.2, -0.15) is 5.26 Å². The predicted molar refractivity (Wildman–Crippen MR) is 196 cm³/mol. The highest BCUT2D eigenvalue weighted by atomic mass is 15.2. The molecule has 236 valence electrons. The average molecular weight is 627 g/mol. The van der Waals surface area contributed by atoms with Gasteiger partial charge < -0.3 is 9.47 Å². The Morgan fingerprint density at radius 1 is 0.604 bits per heavy atom. The summed E-state index contributed by atoms with van der Waals surface area (Å²) in [5, 5.41) is 12.9. The molecule has 0 saturated heterocycles. The van der Waals surface area contributed by atoms with Gasteiger partial charge in [0.25, 0.3) is 0 Å². The molecule has 6 heteroatoms. The molecule has 2 aromatic heterocycles. The number of anilines is 3. The number of aromatic nitrogens is 4. The van der Waals surface area contributed by atoms with Crippen LogP contribution in [0.4, 0.5) is 17.1 Å². The molecule has 6 nitrogen and oxygen atoms in total. The summed E-state index contributed by atoms with van der Waals surface area (Å²) >= 11 is 0. The van der Waals surface area contributed by atoms with Crippen molar-refractivity contribution in [3.8, 4) is 23.1 Å². The van der Waals surface area contributed by atoms with E-state index >= 15 is 0 Å². The summed E-state index contributed by atoms with van der Waals surface area (Å²) in [6.45, 7) is 12.6. The summed E-state index contributed by atoms with van der Waals surface area (Å²) in [6, 6.07) is 44.1. The Morgan fingerprint density at radius 2 is 1.17 bits per heavy atom. The molecule has 5 aromatic carbocycles. The molecule has 0 amide bonds. The Balaban J connectivity index is 1.50. The van der Waals surface area contributed by atoms with Crippen molar-refractivity contribution in [3.63, 3.8) is 0 Å². The van der Waals surface area contributed by atoms with Crippen LogP contribution in [0.3, 0.4) is 0 Å². The number of nitrogens with zero attached hydrogens (tertiary/aromatic N) is 6. The van der Waals surface area contributed by atoms with Gasteiger partial charge in [0.2, 0.25) is 0 Å². The van der Waals surface area contributed by atoms with Crippen LogP contribution in [0.1, 0.15) is 58.8 Å². The van der Waals surface area contributed by atoms with E-state index in [1.165, 1.54) is 0 Å². The molecule has 7 rings (SSSR count). The Labute approximate surface area is 282 Å². The Hall–Kier alpha value is -5.80. The second kappa shape index (κ2) is 11.8. The van der Waals surface area contributed by atoms with E-state index in [1.807, 2.05) is 30.3 Å². The molecule has 0 atom stereocenters. The van der Waals surface area contributed by atoms with Crippen molar-refractivity contribution in [3.05, 3.63) is 139 Å². The number of nitriles is 1. The van der Waals surface area contributed by atoms with Crippen LogP contribution in [0.25, 0.3) is 38.9 Å². The lowest BCUT2D eigenvalue weighted by Crippen LogP contribution is -2.24. The van der Waals surface area contributed by atoms with Crippen molar-refractivity contribution < 1.29 is 0 Å². The number of para-hydroxylation sites is 4. The molecule has 0 aliphatic rings. The molecule has 0 N–H and O–H groups in total. The SMILES string of the molecule is CC(C)(C)c1nc(-c2ccc(-n3c4ccccc4c4cccc(N(c5ccccc5)c5ccccc5)c43)c(C#N)c2)nc(C(C)(C)C)n1. The number of hydrogen-bond acceptors (Lipinski definition) is 5. The van der Waals surface area contributed by atoms with Gasteiger partial charge in [0, 0.05) is 38.5 Å². The molecule has 0 unspecified atom stereocenters. The molecule has 0 bridgehead atoms. The standard InChI is InChI=1S/C42H38N6/c1-41(2,3)39-44-38(45-40(46-39)42(4,5)6)28-24-25-34(29(26-28)27-43)48-35-22-14-13-20-32(35)33-21-15-23-36(37(33)48)47(30-16-9-7-10-17-30)31-18-11-8-12-19-31/h7-26H,1-6H3. The van der Waals surface area contributed by atoms with Crippen molar-refractivity contribution in [1.82, 2.24) is 19.5 Å². The van der Waals surface area contributed by atoms with E-state index in [1.54, 1.807) is 0 Å². The van der Waals surface area contributed by atoms with Crippen molar-refractivity contribution in [2.24, 2.45) is 0 Å². The summed E-state index contributed by atoms with van der Waals surface area (Å²) in [6.07, 6.45) is 0. The lowest BCUT2D eigenvalue weighted by molar-refractivity contribution is 0.497. The molecule has 7 aromatic rings. The van der Waals surface area contributed by atoms with Crippen LogP contribution >= 0.6 is 0 Å². The molecule has 2 heterocycles. The molecule has 0 saturated carbocycles. The Morgan fingerprint density at radius 3 is 1.75 bits per heavy atom. The minimum Gasteiger partial charge on any atom is -0.308 e. The molecule has 0 aliphatic heterocycles. The smallest absolute Gasteiger partial charge is 0.163 e. The number of hydrogen-bond donors (Lipinski definition) is 0. The normalized spacial score (nSPS) is 11.9. The lowest BCUT2D eigenvalue weighted by atomic mass is 9.93. The first-order chi connectivity index (χ1) is 23.0. The zero-order valence-electron chi connectivity index (χ0n) is 28.2. The van der Waals surface area contributed by atoms with Gasteiger partial charge in [-0.15, -0.1) is 0 Å². The van der Waals surface area contributed by atoms with E-state index in [9.17, 15) is 5.26 Å². The van der Waals surface area contributed by atoms with Gasteiger partial charge in [-0.1, -0.05) is 108 Å². The average Bonchev–Trinajstić information content (AvgIpc) is 3.43. The maximum Gasteiger partial charge on any atom is 0.163 e. The first-order valence-corrected chi connectivity index (χ1v) is 16.3. The van der Waals surface area contributed by atoms with Gasteiger partial charge in [0.1, 0.15) is 17.7 Å². The highest BCUT2D eigenvalue weighted by Crippen LogP contribution is 2.43. The van der Waals surface area contributed by atoms with Gasteiger partial charge in [0.05, 0.1) is 28.0 Å². The lowest BCUT2D eigenvalue weighted by Gasteiger charge is -2.27. The fourth-order valence-corrected chi connectivity index (χ4v) is 6.15. The minimum atomic E-state index is -0.265. The molecule has 0 spiro atoms. The molecule has 0 fully saturated rings. The predicted octanol–water partition coefficient (Wildman–Crippen LogP) is 10.6. The molecule has 48 heavy (non-hydrogen) atoms. The van der Waals surface area contributed by atoms with Crippen LogP contribution in [0.15, 0.2) is 121 Å². The second-order valence-electron chi connectivity index (χ2n) is 14.2. The van der Waals surface area contributed by atoms with Crippen molar-refractivity contribution in [1.29, 1.82) is 5.26 Å². The maximum absolute atomic E-state index is 10.7. The summed E-state index contributed by atoms with van der Waals surface area (Å²) < 4.78 is 2.23. The van der Waals surface area contributed by atoms with Crippen molar-refractivity contribution in [2.75, 3.05) is 4.90 Å². The zero-order valence-corrected chi connectivity index (χ0v) is 28.2. The molecular formula is C42H38N6. The van der Waals surface area contributed by atoms with E-state index in [4.69, 9.17) is 15.0 Å². The largest absolute Gasteiger partial charge is 0.308 e. The first kappa shape index (κ1) is 30.8. The van der Waals surface area contributed by atoms with Crippen LogP contribution in [-0.2, 0) is 10.8 Å². The van der Waals surface area contributed by atoms with Crippen LogP contribution in [-0.4, -0.2) is 19.5 Å². The summed E-state index contributed by atoms with van der Waals surface area (Å²) in [5.74, 6) is 2.04. The highest BCUT2D eigenvalue weighted by molar-refractivity contribution is 6.14. The number of benzene rings is 5. The quantitative estimate of drug-likeness (QED) is 0.190. The third-order valence-corrected chi connectivity index (χ3v) is 8.54. The number of fused-ring (bicyclic) bond motifs is 3. The van der Waals surface area contributed by atoms with Crippen molar-refractivity contribution in [2.45, 2.75) is 52.4 Å². The number of rotatable bonds is 5. The van der Waals surface area contributed by atoms with Gasteiger partial charge in [0.15, 0.2) is 5.82 Å². The van der Waals surface area contributed by atoms with Gasteiger partial charge in [-0.05, 0) is 54.6 Å². The third-order valence-electron chi connectivity index (χ3n) is 8.54. The Kier molecular flexibility index (Phi) is 7.56. The Bertz CT molecular complexity index is 2250. The van der Waals surface area contributed by atoms with Gasteiger partial charge in [-0.25, -0.2) is 15.0 Å². The van der Waals surface area contributed by atoms with Crippen LogP contribution < -0.4 is 4.90 Å². The van der Waals surface area contributed by atoms with E-state index in [2.05, 4.69) is 148 Å². The van der Waals surface area contributed by atoms with E-state index < -0.39 is 0 Å². The van der Waals surface area contributed by atoms with Crippen molar-refractivity contribution >= 4 is 38.9 Å². The minimum absolute atomic E-state index is 0.265. The van der Waals surface area contributed by atoms with E-state index in [0.717, 1.165) is 61.8 Å². The summed E-state index contributed by atoms with van der Waals surface area (Å²) in [4.78, 5) is 17.0. The van der Waals surface area contributed by atoms with Gasteiger partial charge >= 0.3 is 0 Å². The summed E-state index contributed by atoms with van der Waals surface area (Å²) in [5.41, 5.74) is 6.72. The second-order valence-corrected chi connectivity index (χ2v) is 14.2. The molecular weight excluding hydrogens is 589 g/mol. The zero-order chi connectivity index (χ0) is 33.6. The monoisotopic (exact) mass is 626 g/mol. The maximum atomic E-state index is 10.7. The summed E-state index contributed by atoms with van der Waals surface area (Å²) in [7, 11) is 0. The third kappa shape index (κ3) is 5.48. The topological polar surface area (TPSA) is 70.6 Å². The fraction of sp³-hybridized carbons (Fsp3) is 0.190. The molecule has 0 aliphatic carbocycles. The molecule has 0 radical (unpaired) electrons. The van der Waals surface area contributed by atoms with E-state index in [-0.39, 0.29) is 10.8 Å².